The Labute approximate surface area is 137 Å². The summed E-state index contributed by atoms with van der Waals surface area (Å²) in [6.07, 6.45) is 3.24. The first-order valence-electron chi connectivity index (χ1n) is 8.60. The van der Waals surface area contributed by atoms with E-state index in [4.69, 9.17) is 4.74 Å². The first-order chi connectivity index (χ1) is 11.1. The number of esters is 1. The molecule has 1 aliphatic carbocycles. The van der Waals surface area contributed by atoms with Crippen LogP contribution in [0.2, 0.25) is 0 Å². The maximum atomic E-state index is 12.5. The van der Waals surface area contributed by atoms with E-state index in [0.717, 1.165) is 24.8 Å². The van der Waals surface area contributed by atoms with Gasteiger partial charge in [0.05, 0.1) is 18.1 Å². The molecule has 1 aromatic carbocycles. The quantitative estimate of drug-likeness (QED) is 0.783. The van der Waals surface area contributed by atoms with Crippen LogP contribution in [-0.4, -0.2) is 29.9 Å². The highest BCUT2D eigenvalue weighted by atomic mass is 16.5. The molecule has 2 fully saturated rings. The van der Waals surface area contributed by atoms with E-state index in [1.807, 2.05) is 30.0 Å². The number of likely N-dealkylation sites (tertiary alicyclic amines) is 1. The van der Waals surface area contributed by atoms with Crippen molar-refractivity contribution < 1.29 is 14.3 Å². The van der Waals surface area contributed by atoms with Crippen LogP contribution in [0.5, 0.6) is 0 Å². The van der Waals surface area contributed by atoms with E-state index in [9.17, 15) is 9.59 Å². The van der Waals surface area contributed by atoms with Crippen LogP contribution in [-0.2, 0) is 14.3 Å². The lowest BCUT2D eigenvalue weighted by Crippen LogP contribution is -2.46. The largest absolute Gasteiger partial charge is 0.466 e. The van der Waals surface area contributed by atoms with E-state index in [1.165, 1.54) is 0 Å². The molecule has 4 nitrogen and oxygen atoms in total. The number of amides is 1. The maximum Gasteiger partial charge on any atom is 0.312 e. The summed E-state index contributed by atoms with van der Waals surface area (Å²) in [7, 11) is 0. The lowest BCUT2D eigenvalue weighted by Gasteiger charge is -2.43. The highest BCUT2D eigenvalue weighted by Crippen LogP contribution is 2.52. The van der Waals surface area contributed by atoms with Crippen molar-refractivity contribution in [2.75, 3.05) is 13.2 Å². The van der Waals surface area contributed by atoms with Crippen molar-refractivity contribution in [1.82, 2.24) is 4.90 Å². The maximum absolute atomic E-state index is 12.5. The number of carbonyl (C=O) groups excluding carboxylic acids is 2. The number of nitrogens with zero attached hydrogens (tertiary/aromatic N) is 1. The van der Waals surface area contributed by atoms with Crippen LogP contribution < -0.4 is 0 Å². The van der Waals surface area contributed by atoms with Gasteiger partial charge in [-0.3, -0.25) is 9.59 Å². The molecule has 3 rings (SSSR count). The standard InChI is InChI=1S/C19H25NO3/c1-3-23-18(22)19(10-7-11-19)16-12-17(21)20(13-16)14(2)15-8-5-4-6-9-15/h4-6,8-9,14,16H,3,7,10-13H2,1-2H3. The van der Waals surface area contributed by atoms with Gasteiger partial charge in [0.2, 0.25) is 5.91 Å². The summed E-state index contributed by atoms with van der Waals surface area (Å²) < 4.78 is 5.31. The molecule has 0 radical (unpaired) electrons. The van der Waals surface area contributed by atoms with Gasteiger partial charge in [-0.2, -0.15) is 0 Å². The topological polar surface area (TPSA) is 46.6 Å². The van der Waals surface area contributed by atoms with Gasteiger partial charge in [-0.05, 0) is 32.3 Å². The van der Waals surface area contributed by atoms with Gasteiger partial charge in [-0.1, -0.05) is 36.8 Å². The molecule has 0 aromatic heterocycles. The summed E-state index contributed by atoms with van der Waals surface area (Å²) in [5.74, 6) is 0.147. The molecule has 1 aromatic rings. The van der Waals surface area contributed by atoms with Crippen LogP contribution in [0.3, 0.4) is 0 Å². The van der Waals surface area contributed by atoms with E-state index < -0.39 is 5.41 Å². The summed E-state index contributed by atoms with van der Waals surface area (Å²) in [4.78, 5) is 26.9. The number of hydrogen-bond donors (Lipinski definition) is 0. The van der Waals surface area contributed by atoms with Gasteiger partial charge < -0.3 is 9.64 Å². The molecule has 1 aliphatic heterocycles. The minimum Gasteiger partial charge on any atom is -0.466 e. The van der Waals surface area contributed by atoms with E-state index in [0.29, 0.717) is 19.6 Å². The van der Waals surface area contributed by atoms with Crippen LogP contribution >= 0.6 is 0 Å². The zero-order valence-electron chi connectivity index (χ0n) is 14.0. The predicted octanol–water partition coefficient (Wildman–Crippen LogP) is 3.33. The molecular weight excluding hydrogens is 290 g/mol. The molecule has 1 amide bonds. The predicted molar refractivity (Wildman–Crippen MR) is 87.6 cm³/mol. The van der Waals surface area contributed by atoms with Crippen LogP contribution in [0, 0.1) is 11.3 Å². The van der Waals surface area contributed by atoms with Gasteiger partial charge in [-0.25, -0.2) is 0 Å². The van der Waals surface area contributed by atoms with E-state index in [-0.39, 0.29) is 23.8 Å². The summed E-state index contributed by atoms with van der Waals surface area (Å²) >= 11 is 0. The first kappa shape index (κ1) is 16.0. The number of rotatable bonds is 5. The average Bonchev–Trinajstić information content (AvgIpc) is 2.88. The fraction of sp³-hybridized carbons (Fsp3) is 0.579. The normalized spacial score (nSPS) is 24.2. The highest BCUT2D eigenvalue weighted by molar-refractivity contribution is 5.83. The van der Waals surface area contributed by atoms with E-state index >= 15 is 0 Å². The third kappa shape index (κ3) is 2.75. The van der Waals surface area contributed by atoms with E-state index in [2.05, 4.69) is 19.1 Å². The Morgan fingerprint density at radius 1 is 1.35 bits per heavy atom. The van der Waals surface area contributed by atoms with Gasteiger partial charge >= 0.3 is 5.97 Å². The van der Waals surface area contributed by atoms with Crippen molar-refractivity contribution in [3.05, 3.63) is 35.9 Å². The van der Waals surface area contributed by atoms with Crippen molar-refractivity contribution in [3.8, 4) is 0 Å². The van der Waals surface area contributed by atoms with Crippen LogP contribution in [0.4, 0.5) is 0 Å². The lowest BCUT2D eigenvalue weighted by molar-refractivity contribution is -0.166. The number of benzene rings is 1. The van der Waals surface area contributed by atoms with Gasteiger partial charge in [0.15, 0.2) is 0 Å². The molecule has 4 heteroatoms. The summed E-state index contributed by atoms with van der Waals surface area (Å²) in [5, 5.41) is 0. The first-order valence-corrected chi connectivity index (χ1v) is 8.60. The molecule has 2 atom stereocenters. The third-order valence-electron chi connectivity index (χ3n) is 5.62. The molecule has 124 valence electrons. The summed E-state index contributed by atoms with van der Waals surface area (Å²) in [5.41, 5.74) is 0.719. The second-order valence-corrected chi connectivity index (χ2v) is 6.76. The van der Waals surface area contributed by atoms with Crippen molar-refractivity contribution in [2.24, 2.45) is 11.3 Å². The third-order valence-corrected chi connectivity index (χ3v) is 5.62. The van der Waals surface area contributed by atoms with Crippen molar-refractivity contribution >= 4 is 11.9 Å². The smallest absolute Gasteiger partial charge is 0.312 e. The Bertz CT molecular complexity index is 580. The molecule has 1 heterocycles. The highest BCUT2D eigenvalue weighted by Gasteiger charge is 2.55. The van der Waals surface area contributed by atoms with E-state index in [1.54, 1.807) is 0 Å². The lowest BCUT2D eigenvalue weighted by atomic mass is 9.60. The van der Waals surface area contributed by atoms with Gasteiger partial charge in [0, 0.05) is 18.9 Å². The Hall–Kier alpha value is -1.84. The SMILES string of the molecule is CCOC(=O)C1(C2CC(=O)N(C(C)c3ccccc3)C2)CCC1. The van der Waals surface area contributed by atoms with Crippen LogP contribution in [0.25, 0.3) is 0 Å². The fourth-order valence-corrected chi connectivity index (χ4v) is 4.00. The Morgan fingerprint density at radius 2 is 2.04 bits per heavy atom. The van der Waals surface area contributed by atoms with Crippen molar-refractivity contribution in [2.45, 2.75) is 45.6 Å². The average molecular weight is 315 g/mol. The molecule has 0 bridgehead atoms. The molecular formula is C19H25NO3. The second-order valence-electron chi connectivity index (χ2n) is 6.76. The zero-order chi connectivity index (χ0) is 16.4. The monoisotopic (exact) mass is 315 g/mol. The minimum absolute atomic E-state index is 0.0491. The van der Waals surface area contributed by atoms with Crippen LogP contribution in [0.1, 0.15) is 51.1 Å². The molecule has 2 aliphatic rings. The molecule has 1 saturated heterocycles. The Morgan fingerprint density at radius 3 is 2.61 bits per heavy atom. The minimum atomic E-state index is -0.420. The van der Waals surface area contributed by atoms with Gasteiger partial charge in [0.1, 0.15) is 0 Å². The van der Waals surface area contributed by atoms with Crippen molar-refractivity contribution in [3.63, 3.8) is 0 Å². The van der Waals surface area contributed by atoms with Gasteiger partial charge in [0.25, 0.3) is 0 Å². The molecule has 23 heavy (non-hydrogen) atoms. The molecule has 1 saturated carbocycles. The Balaban J connectivity index is 1.75. The zero-order valence-corrected chi connectivity index (χ0v) is 14.0. The van der Waals surface area contributed by atoms with Gasteiger partial charge in [-0.15, -0.1) is 0 Å². The number of hydrogen-bond acceptors (Lipinski definition) is 3. The number of ether oxygens (including phenoxy) is 1. The number of carbonyl (C=O) groups is 2. The second kappa shape index (κ2) is 6.34. The Kier molecular flexibility index (Phi) is 4.42. The molecule has 2 unspecified atom stereocenters. The molecule has 0 N–H and O–H groups in total. The molecule has 0 spiro atoms. The fourth-order valence-electron chi connectivity index (χ4n) is 4.00. The summed E-state index contributed by atoms with van der Waals surface area (Å²) in [6, 6.07) is 10.1. The van der Waals surface area contributed by atoms with Crippen molar-refractivity contribution in [1.29, 1.82) is 0 Å². The van der Waals surface area contributed by atoms with Crippen LogP contribution in [0.15, 0.2) is 30.3 Å². The summed E-state index contributed by atoms with van der Waals surface area (Å²) in [6.45, 7) is 4.97.